The molecule has 0 fully saturated rings. The molecule has 0 spiro atoms. The molecule has 3 rings (SSSR count). The third-order valence-corrected chi connectivity index (χ3v) is 3.90. The van der Waals surface area contributed by atoms with Gasteiger partial charge in [0.1, 0.15) is 5.82 Å². The van der Waals surface area contributed by atoms with Gasteiger partial charge in [-0.25, -0.2) is 4.39 Å². The van der Waals surface area contributed by atoms with Crippen molar-refractivity contribution < 1.29 is 9.18 Å². The average Bonchev–Trinajstić information content (AvgIpc) is 2.66. The van der Waals surface area contributed by atoms with Crippen LogP contribution in [0.1, 0.15) is 5.56 Å². The third kappa shape index (κ3) is 5.01. The normalized spacial score (nSPS) is 10.3. The molecule has 1 aromatic heterocycles. The molecule has 3 aromatic rings. The molecule has 0 unspecified atom stereocenters. The second kappa shape index (κ2) is 8.27. The highest BCUT2D eigenvalue weighted by Crippen LogP contribution is 2.19. The molecular weight excluding hydrogens is 345 g/mol. The van der Waals surface area contributed by atoms with Crippen molar-refractivity contribution in [2.75, 3.05) is 29.6 Å². The minimum atomic E-state index is -0.404. The second-order valence-corrected chi connectivity index (χ2v) is 6.19. The van der Waals surface area contributed by atoms with Crippen LogP contribution in [0.15, 0.2) is 60.7 Å². The fraction of sp³-hybridized carbons (Fsp3) is 0.150. The zero-order chi connectivity index (χ0) is 19.2. The van der Waals surface area contributed by atoms with E-state index >= 15 is 0 Å². The van der Waals surface area contributed by atoms with Gasteiger partial charge in [-0.3, -0.25) is 4.79 Å². The molecule has 0 atom stereocenters. The number of hydrogen-bond acceptors (Lipinski definition) is 5. The fourth-order valence-corrected chi connectivity index (χ4v) is 2.46. The Kier molecular flexibility index (Phi) is 5.61. The van der Waals surface area contributed by atoms with Crippen molar-refractivity contribution in [3.63, 3.8) is 0 Å². The summed E-state index contributed by atoms with van der Waals surface area (Å²) in [5.41, 5.74) is 2.31. The van der Waals surface area contributed by atoms with E-state index in [9.17, 15) is 9.18 Å². The van der Waals surface area contributed by atoms with Crippen molar-refractivity contribution in [1.29, 1.82) is 0 Å². The maximum atomic E-state index is 13.6. The summed E-state index contributed by atoms with van der Waals surface area (Å²) in [5.74, 6) is 0.109. The maximum Gasteiger partial charge on any atom is 0.230 e. The Balaban J connectivity index is 1.58. The average molecular weight is 365 g/mol. The number of carbonyl (C=O) groups is 1. The van der Waals surface area contributed by atoms with Crippen molar-refractivity contribution in [2.45, 2.75) is 6.42 Å². The molecule has 0 aliphatic rings. The zero-order valence-electron chi connectivity index (χ0n) is 15.1. The SMILES string of the molecule is CN(C)c1ccc(Nc2ccc(NC(=O)Cc3ccccc3F)nn2)cc1. The molecule has 0 saturated heterocycles. The Morgan fingerprint density at radius 2 is 1.63 bits per heavy atom. The molecule has 0 aliphatic heterocycles. The van der Waals surface area contributed by atoms with E-state index in [4.69, 9.17) is 0 Å². The van der Waals surface area contributed by atoms with Crippen molar-refractivity contribution in [3.05, 3.63) is 72.0 Å². The number of amides is 1. The van der Waals surface area contributed by atoms with Crippen LogP contribution in [0.5, 0.6) is 0 Å². The first kappa shape index (κ1) is 18.3. The van der Waals surface area contributed by atoms with Gasteiger partial charge in [0.25, 0.3) is 0 Å². The number of aromatic nitrogens is 2. The summed E-state index contributed by atoms with van der Waals surface area (Å²) in [6.45, 7) is 0. The highest BCUT2D eigenvalue weighted by molar-refractivity contribution is 5.91. The van der Waals surface area contributed by atoms with Gasteiger partial charge in [-0.05, 0) is 48.0 Å². The topological polar surface area (TPSA) is 70.2 Å². The van der Waals surface area contributed by atoms with Crippen LogP contribution in [-0.4, -0.2) is 30.2 Å². The molecule has 1 amide bonds. The zero-order valence-corrected chi connectivity index (χ0v) is 15.1. The highest BCUT2D eigenvalue weighted by Gasteiger charge is 2.09. The first-order chi connectivity index (χ1) is 13.0. The van der Waals surface area contributed by atoms with E-state index in [1.54, 1.807) is 30.3 Å². The lowest BCUT2D eigenvalue weighted by Crippen LogP contribution is -2.16. The lowest BCUT2D eigenvalue weighted by Gasteiger charge is -2.13. The summed E-state index contributed by atoms with van der Waals surface area (Å²) in [7, 11) is 3.96. The van der Waals surface area contributed by atoms with E-state index in [-0.39, 0.29) is 12.3 Å². The minimum Gasteiger partial charge on any atom is -0.378 e. The summed E-state index contributed by atoms with van der Waals surface area (Å²) < 4.78 is 13.6. The maximum absolute atomic E-state index is 13.6. The lowest BCUT2D eigenvalue weighted by atomic mass is 10.1. The molecular formula is C20H20FN5O. The van der Waals surface area contributed by atoms with Gasteiger partial charge in [-0.15, -0.1) is 10.2 Å². The van der Waals surface area contributed by atoms with Crippen LogP contribution in [0.2, 0.25) is 0 Å². The number of rotatable bonds is 6. The molecule has 6 nitrogen and oxygen atoms in total. The van der Waals surface area contributed by atoms with Crippen molar-refractivity contribution in [2.24, 2.45) is 0 Å². The predicted molar refractivity (Wildman–Crippen MR) is 105 cm³/mol. The first-order valence-corrected chi connectivity index (χ1v) is 8.42. The number of anilines is 4. The van der Waals surface area contributed by atoms with Gasteiger partial charge in [0.05, 0.1) is 6.42 Å². The summed E-state index contributed by atoms with van der Waals surface area (Å²) in [4.78, 5) is 14.0. The van der Waals surface area contributed by atoms with E-state index in [1.165, 1.54) is 6.07 Å². The Hall–Kier alpha value is -3.48. The van der Waals surface area contributed by atoms with Crippen LogP contribution < -0.4 is 15.5 Å². The Morgan fingerprint density at radius 3 is 2.26 bits per heavy atom. The summed E-state index contributed by atoms with van der Waals surface area (Å²) in [5, 5.41) is 13.8. The number of hydrogen-bond donors (Lipinski definition) is 2. The first-order valence-electron chi connectivity index (χ1n) is 8.42. The molecule has 0 bridgehead atoms. The Labute approximate surface area is 157 Å². The van der Waals surface area contributed by atoms with E-state index < -0.39 is 5.82 Å². The molecule has 2 aromatic carbocycles. The Bertz CT molecular complexity index is 910. The standard InChI is InChI=1S/C20H20FN5O/c1-26(2)16-9-7-15(8-10-16)22-18-11-12-19(25-24-18)23-20(27)13-14-5-3-4-6-17(14)21/h3-12H,13H2,1-2H3,(H,22,24)(H,23,25,27). The fourth-order valence-electron chi connectivity index (χ4n) is 2.46. The second-order valence-electron chi connectivity index (χ2n) is 6.19. The van der Waals surface area contributed by atoms with Crippen LogP contribution >= 0.6 is 0 Å². The van der Waals surface area contributed by atoms with E-state index in [0.29, 0.717) is 17.2 Å². The van der Waals surface area contributed by atoms with Crippen LogP contribution in [-0.2, 0) is 11.2 Å². The van der Waals surface area contributed by atoms with Crippen molar-refractivity contribution in [3.8, 4) is 0 Å². The minimum absolute atomic E-state index is 0.0629. The number of nitrogens with one attached hydrogen (secondary N) is 2. The number of nitrogens with zero attached hydrogens (tertiary/aromatic N) is 3. The third-order valence-electron chi connectivity index (χ3n) is 3.90. The number of benzene rings is 2. The summed E-state index contributed by atoms with van der Waals surface area (Å²) in [6, 6.07) is 17.4. The van der Waals surface area contributed by atoms with E-state index in [0.717, 1.165) is 11.4 Å². The molecule has 0 saturated carbocycles. The van der Waals surface area contributed by atoms with Crippen LogP contribution in [0, 0.1) is 5.82 Å². The van der Waals surface area contributed by atoms with Gasteiger partial charge in [0.2, 0.25) is 5.91 Å². The van der Waals surface area contributed by atoms with Gasteiger partial charge in [0.15, 0.2) is 11.6 Å². The van der Waals surface area contributed by atoms with E-state index in [2.05, 4.69) is 20.8 Å². The summed E-state index contributed by atoms with van der Waals surface area (Å²) in [6.07, 6.45) is -0.0629. The van der Waals surface area contributed by atoms with Crippen molar-refractivity contribution in [1.82, 2.24) is 10.2 Å². The molecule has 27 heavy (non-hydrogen) atoms. The molecule has 2 N–H and O–H groups in total. The number of halogens is 1. The van der Waals surface area contributed by atoms with E-state index in [1.807, 2.05) is 43.3 Å². The number of carbonyl (C=O) groups excluding carboxylic acids is 1. The summed E-state index contributed by atoms with van der Waals surface area (Å²) >= 11 is 0. The predicted octanol–water partition coefficient (Wildman–Crippen LogP) is 3.61. The molecule has 0 radical (unpaired) electrons. The van der Waals surface area contributed by atoms with Gasteiger partial charge in [-0.2, -0.15) is 0 Å². The van der Waals surface area contributed by atoms with Crippen LogP contribution in [0.3, 0.4) is 0 Å². The smallest absolute Gasteiger partial charge is 0.230 e. The van der Waals surface area contributed by atoms with Crippen LogP contribution in [0.25, 0.3) is 0 Å². The quantitative estimate of drug-likeness (QED) is 0.698. The highest BCUT2D eigenvalue weighted by atomic mass is 19.1. The molecule has 0 aliphatic carbocycles. The van der Waals surface area contributed by atoms with Gasteiger partial charge >= 0.3 is 0 Å². The molecule has 1 heterocycles. The van der Waals surface area contributed by atoms with Crippen molar-refractivity contribution >= 4 is 28.9 Å². The molecule has 7 heteroatoms. The molecule has 138 valence electrons. The van der Waals surface area contributed by atoms with Crippen LogP contribution in [0.4, 0.5) is 27.4 Å². The monoisotopic (exact) mass is 365 g/mol. The Morgan fingerprint density at radius 1 is 0.963 bits per heavy atom. The van der Waals surface area contributed by atoms with Gasteiger partial charge < -0.3 is 15.5 Å². The largest absolute Gasteiger partial charge is 0.378 e. The lowest BCUT2D eigenvalue weighted by molar-refractivity contribution is -0.115. The van der Waals surface area contributed by atoms with Gasteiger partial charge in [0, 0.05) is 25.5 Å². The van der Waals surface area contributed by atoms with Gasteiger partial charge in [-0.1, -0.05) is 18.2 Å².